The van der Waals surface area contributed by atoms with Gasteiger partial charge in [-0.3, -0.25) is 4.79 Å². The van der Waals surface area contributed by atoms with E-state index in [-0.39, 0.29) is 26.2 Å². The smallest absolute Gasteiger partial charge is 0.408 e. The van der Waals surface area contributed by atoms with Gasteiger partial charge in [0.1, 0.15) is 42.9 Å². The number of carbonyl (C=O) groups excluding carboxylic acids is 3. The molecule has 5 rings (SSSR count). The number of esters is 1. The Morgan fingerprint density at radius 1 is 1.00 bits per heavy atom. The van der Waals surface area contributed by atoms with Gasteiger partial charge in [-0.05, 0) is 46.9 Å². The highest BCUT2D eigenvalue weighted by atomic mass is 16.6. The van der Waals surface area contributed by atoms with Crippen molar-refractivity contribution in [2.45, 2.75) is 45.4 Å². The van der Waals surface area contributed by atoms with Crippen LogP contribution in [0.2, 0.25) is 0 Å². The fourth-order valence-electron chi connectivity index (χ4n) is 5.19. The third-order valence-corrected chi connectivity index (χ3v) is 7.23. The highest BCUT2D eigenvalue weighted by Crippen LogP contribution is 2.39. The van der Waals surface area contributed by atoms with Gasteiger partial charge in [-0.15, -0.1) is 0 Å². The molecule has 2 aromatic carbocycles. The minimum atomic E-state index is -0.961. The molecule has 2 amide bonds. The zero-order valence-corrected chi connectivity index (χ0v) is 23.0. The monoisotopic (exact) mass is 547 g/mol. The summed E-state index contributed by atoms with van der Waals surface area (Å²) >= 11 is 0. The van der Waals surface area contributed by atoms with E-state index in [4.69, 9.17) is 19.0 Å². The van der Waals surface area contributed by atoms with E-state index in [1.807, 2.05) is 63.2 Å². The maximum atomic E-state index is 13.8. The molecule has 10 nitrogen and oxygen atoms in total. The summed E-state index contributed by atoms with van der Waals surface area (Å²) in [6.07, 6.45) is 2.30. The summed E-state index contributed by atoms with van der Waals surface area (Å²) in [4.78, 5) is 46.6. The van der Waals surface area contributed by atoms with E-state index in [9.17, 15) is 14.4 Å². The van der Waals surface area contributed by atoms with Crippen molar-refractivity contribution in [3.63, 3.8) is 0 Å². The van der Waals surface area contributed by atoms with E-state index in [1.165, 1.54) is 12.0 Å². The zero-order valence-electron chi connectivity index (χ0n) is 23.0. The number of benzene rings is 2. The molecule has 0 aromatic heterocycles. The second-order valence-corrected chi connectivity index (χ2v) is 11.0. The first-order valence-corrected chi connectivity index (χ1v) is 13.2. The number of carbonyl (C=O) groups is 3. The molecule has 2 aromatic rings. The standard InChI is InChI=1S/C30H33N3O7/c1-30(2,3)26-27(34)33-17-19(16-24(33)28(35)37-4)40-32-25-22-10-6-5-9-20(22)21-12-11-18(15-23(21)25)38-13-7-8-14-39-29(36)31-26/h5-12,15,19,24,26H,13-14,16-17H2,1-4H3,(H,31,36)/b8-7+,32-25?/t19-,24+,26-/m1/s1. The van der Waals surface area contributed by atoms with Gasteiger partial charge in [0.25, 0.3) is 0 Å². The summed E-state index contributed by atoms with van der Waals surface area (Å²) in [5.74, 6) is -0.341. The quantitative estimate of drug-likeness (QED) is 0.365. The molecular weight excluding hydrogens is 514 g/mol. The lowest BCUT2D eigenvalue weighted by atomic mass is 9.85. The number of methoxy groups -OCH3 is 1. The summed E-state index contributed by atoms with van der Waals surface area (Å²) in [6, 6.07) is 11.9. The Labute approximate surface area is 232 Å². The lowest BCUT2D eigenvalue weighted by molar-refractivity contribution is -0.152. The van der Waals surface area contributed by atoms with Crippen molar-refractivity contribution in [1.29, 1.82) is 0 Å². The third kappa shape index (κ3) is 5.38. The Kier molecular flexibility index (Phi) is 7.51. The highest BCUT2D eigenvalue weighted by Gasteiger charge is 2.46. The van der Waals surface area contributed by atoms with Crippen molar-refractivity contribution >= 4 is 23.7 Å². The summed E-state index contributed by atoms with van der Waals surface area (Å²) in [7, 11) is 1.28. The first kappa shape index (κ1) is 27.2. The topological polar surface area (TPSA) is 116 Å². The van der Waals surface area contributed by atoms with Gasteiger partial charge in [-0.2, -0.15) is 0 Å². The summed E-state index contributed by atoms with van der Waals surface area (Å²) in [6.45, 7) is 5.85. The van der Waals surface area contributed by atoms with Gasteiger partial charge in [0.05, 0.1) is 13.7 Å². The number of amides is 2. The van der Waals surface area contributed by atoms with Crippen LogP contribution in [0.3, 0.4) is 0 Å². The molecule has 2 heterocycles. The molecule has 3 atom stereocenters. The van der Waals surface area contributed by atoms with Gasteiger partial charge in [-0.1, -0.05) is 50.2 Å². The van der Waals surface area contributed by atoms with Crippen LogP contribution in [0.1, 0.15) is 38.3 Å². The number of rotatable bonds is 1. The molecule has 210 valence electrons. The number of hydrogen-bond donors (Lipinski definition) is 1. The first-order chi connectivity index (χ1) is 19.2. The molecule has 1 N–H and O–H groups in total. The number of hydrogen-bond acceptors (Lipinski definition) is 8. The van der Waals surface area contributed by atoms with Crippen LogP contribution in [0.5, 0.6) is 5.75 Å². The average Bonchev–Trinajstić information content (AvgIpc) is 3.49. The number of ether oxygens (including phenoxy) is 3. The minimum absolute atomic E-state index is 0.000956. The SMILES string of the molecule is COC(=O)[C@@H]1C[C@@H]2CN1C(=O)[C@H](C(C)(C)C)NC(=O)OC/C=C/COc1ccc3c(c1)C(=NO2)c1ccccc1-3. The molecule has 0 unspecified atom stereocenters. The van der Waals surface area contributed by atoms with Crippen LogP contribution in [0.4, 0.5) is 4.79 Å². The fraction of sp³-hybridized carbons (Fsp3) is 0.400. The molecule has 2 aliphatic heterocycles. The molecule has 1 fully saturated rings. The van der Waals surface area contributed by atoms with Crippen molar-refractivity contribution in [2.75, 3.05) is 26.9 Å². The maximum absolute atomic E-state index is 13.8. The van der Waals surface area contributed by atoms with Crippen LogP contribution in [-0.2, 0) is 23.9 Å². The molecular formula is C30H33N3O7. The van der Waals surface area contributed by atoms with Gasteiger partial charge in [-0.25, -0.2) is 9.59 Å². The van der Waals surface area contributed by atoms with E-state index in [2.05, 4.69) is 10.5 Å². The molecule has 0 saturated carbocycles. The lowest BCUT2D eigenvalue weighted by Gasteiger charge is -2.34. The van der Waals surface area contributed by atoms with Gasteiger partial charge >= 0.3 is 12.1 Å². The molecule has 0 radical (unpaired) electrons. The number of nitrogens with zero attached hydrogens (tertiary/aromatic N) is 2. The Morgan fingerprint density at radius 2 is 1.70 bits per heavy atom. The summed E-state index contributed by atoms with van der Waals surface area (Å²) < 4.78 is 16.2. The van der Waals surface area contributed by atoms with Crippen molar-refractivity contribution in [1.82, 2.24) is 10.2 Å². The summed E-state index contributed by atoms with van der Waals surface area (Å²) in [5.41, 5.74) is 3.80. The van der Waals surface area contributed by atoms with E-state index in [1.54, 1.807) is 12.2 Å². The van der Waals surface area contributed by atoms with Gasteiger partial charge in [0.2, 0.25) is 5.91 Å². The number of nitrogens with one attached hydrogen (secondary N) is 1. The highest BCUT2D eigenvalue weighted by molar-refractivity contribution is 6.24. The lowest BCUT2D eigenvalue weighted by Crippen LogP contribution is -2.57. The molecule has 1 saturated heterocycles. The van der Waals surface area contributed by atoms with Gasteiger partial charge in [0.15, 0.2) is 0 Å². The summed E-state index contributed by atoms with van der Waals surface area (Å²) in [5, 5.41) is 7.24. The molecule has 3 aliphatic rings. The largest absolute Gasteiger partial charge is 0.490 e. The first-order valence-electron chi connectivity index (χ1n) is 13.2. The van der Waals surface area contributed by atoms with Gasteiger partial charge in [0, 0.05) is 17.5 Å². The van der Waals surface area contributed by atoms with Crippen molar-refractivity contribution in [3.05, 3.63) is 65.7 Å². The zero-order chi connectivity index (χ0) is 28.4. The molecule has 4 bridgehead atoms. The van der Waals surface area contributed by atoms with Crippen molar-refractivity contribution in [2.24, 2.45) is 10.6 Å². The number of cyclic esters (lactones) is 1. The van der Waals surface area contributed by atoms with Crippen LogP contribution in [-0.4, -0.2) is 73.6 Å². The third-order valence-electron chi connectivity index (χ3n) is 7.23. The Morgan fingerprint density at radius 3 is 2.42 bits per heavy atom. The Balaban J connectivity index is 1.53. The normalized spacial score (nSPS) is 23.6. The van der Waals surface area contributed by atoms with Gasteiger partial charge < -0.3 is 29.3 Å². The van der Waals surface area contributed by atoms with Crippen molar-refractivity contribution in [3.8, 4) is 16.9 Å². The van der Waals surface area contributed by atoms with Crippen LogP contribution < -0.4 is 10.1 Å². The van der Waals surface area contributed by atoms with Crippen LogP contribution in [0, 0.1) is 5.41 Å². The minimum Gasteiger partial charge on any atom is -0.490 e. The maximum Gasteiger partial charge on any atom is 0.408 e. The van der Waals surface area contributed by atoms with E-state index in [0.717, 1.165) is 22.3 Å². The number of oxime groups is 1. The fourth-order valence-corrected chi connectivity index (χ4v) is 5.19. The predicted molar refractivity (Wildman–Crippen MR) is 147 cm³/mol. The van der Waals surface area contributed by atoms with E-state index in [0.29, 0.717) is 11.5 Å². The van der Waals surface area contributed by atoms with Crippen LogP contribution >= 0.6 is 0 Å². The molecule has 40 heavy (non-hydrogen) atoms. The predicted octanol–water partition coefficient (Wildman–Crippen LogP) is 3.67. The molecule has 1 aliphatic carbocycles. The Bertz CT molecular complexity index is 1380. The van der Waals surface area contributed by atoms with Crippen LogP contribution in [0.25, 0.3) is 11.1 Å². The number of fused-ring (bicyclic) bond motifs is 6. The van der Waals surface area contributed by atoms with E-state index < -0.39 is 41.6 Å². The Hall–Kier alpha value is -4.34. The second kappa shape index (κ2) is 11.0. The number of alkyl carbamates (subject to hydrolysis) is 1. The van der Waals surface area contributed by atoms with E-state index >= 15 is 0 Å². The molecule has 10 heteroatoms. The average molecular weight is 548 g/mol. The molecule has 0 spiro atoms. The van der Waals surface area contributed by atoms with Crippen molar-refractivity contribution < 1.29 is 33.4 Å². The second-order valence-electron chi connectivity index (χ2n) is 11.0. The van der Waals surface area contributed by atoms with Crippen LogP contribution in [0.15, 0.2) is 59.8 Å².